The van der Waals surface area contributed by atoms with E-state index in [4.69, 9.17) is 0 Å². The number of nitrogens with one attached hydrogen (secondary N) is 1. The molecule has 0 aromatic heterocycles. The van der Waals surface area contributed by atoms with E-state index in [-0.39, 0.29) is 11.8 Å². The molecule has 5 heteroatoms. The number of likely N-dealkylation sites (tertiary alicyclic amines) is 1. The third-order valence-corrected chi connectivity index (χ3v) is 6.01. The number of hydrogen-bond donors (Lipinski definition) is 1. The summed E-state index contributed by atoms with van der Waals surface area (Å²) in [4.78, 5) is 14.9. The molecule has 3 aromatic carbocycles. The van der Waals surface area contributed by atoms with Crippen LogP contribution in [0.2, 0.25) is 0 Å². The largest absolute Gasteiger partial charge is 0.299 e. The van der Waals surface area contributed by atoms with Crippen LogP contribution in [0.1, 0.15) is 24.0 Å². The number of rotatable bonds is 5. The highest BCUT2D eigenvalue weighted by atomic mass is 79.9. The van der Waals surface area contributed by atoms with E-state index in [1.807, 2.05) is 24.3 Å². The second-order valence-corrected chi connectivity index (χ2v) is 8.40. The molecule has 3 aromatic rings. The van der Waals surface area contributed by atoms with Crippen LogP contribution >= 0.6 is 15.9 Å². The minimum atomic E-state index is 0.0183. The van der Waals surface area contributed by atoms with Crippen molar-refractivity contribution in [2.45, 2.75) is 19.4 Å². The fourth-order valence-electron chi connectivity index (χ4n) is 3.82. The van der Waals surface area contributed by atoms with Crippen molar-refractivity contribution >= 4 is 38.8 Å². The van der Waals surface area contributed by atoms with Gasteiger partial charge in [0, 0.05) is 22.5 Å². The van der Waals surface area contributed by atoms with E-state index >= 15 is 0 Å². The number of hydrazone groups is 1. The molecule has 29 heavy (non-hydrogen) atoms. The second kappa shape index (κ2) is 9.33. The first-order valence-electron chi connectivity index (χ1n) is 9.96. The highest BCUT2D eigenvalue weighted by molar-refractivity contribution is 9.10. The summed E-state index contributed by atoms with van der Waals surface area (Å²) >= 11 is 3.47. The van der Waals surface area contributed by atoms with Gasteiger partial charge in [0.1, 0.15) is 0 Å². The van der Waals surface area contributed by atoms with Crippen LogP contribution in [0.5, 0.6) is 0 Å². The fourth-order valence-corrected chi connectivity index (χ4v) is 4.09. The smallest absolute Gasteiger partial charge is 0.243 e. The van der Waals surface area contributed by atoms with Crippen LogP contribution in [0.25, 0.3) is 10.8 Å². The highest BCUT2D eigenvalue weighted by Crippen LogP contribution is 2.20. The van der Waals surface area contributed by atoms with Crippen molar-refractivity contribution in [2.24, 2.45) is 11.0 Å². The molecule has 0 radical (unpaired) electrons. The summed E-state index contributed by atoms with van der Waals surface area (Å²) in [6, 6.07) is 22.7. The Morgan fingerprint density at radius 1 is 1.03 bits per heavy atom. The first kappa shape index (κ1) is 19.8. The molecule has 148 valence electrons. The number of benzene rings is 3. The van der Waals surface area contributed by atoms with Crippen molar-refractivity contribution in [1.29, 1.82) is 0 Å². The maximum atomic E-state index is 12.5. The summed E-state index contributed by atoms with van der Waals surface area (Å²) in [6.45, 7) is 2.79. The van der Waals surface area contributed by atoms with Crippen LogP contribution in [0.3, 0.4) is 0 Å². The Labute approximate surface area is 179 Å². The topological polar surface area (TPSA) is 44.7 Å². The molecule has 0 saturated carbocycles. The van der Waals surface area contributed by atoms with Gasteiger partial charge in [-0.1, -0.05) is 70.5 Å². The molecular formula is C24H24BrN3O. The Bertz CT molecular complexity index is 1000. The number of fused-ring (bicyclic) bond motifs is 1. The average Bonchev–Trinajstić information content (AvgIpc) is 2.76. The van der Waals surface area contributed by atoms with Crippen LogP contribution in [0.15, 0.2) is 76.3 Å². The quantitative estimate of drug-likeness (QED) is 0.441. The molecule has 1 N–H and O–H groups in total. The standard InChI is InChI=1S/C24H24BrN3O/c25-22-10-8-18(9-11-22)17-28-14-12-20(13-15-28)24(29)27-26-16-21-6-3-5-19-4-1-2-7-23(19)21/h1-11,16,20H,12-15,17H2,(H,27,29)/b26-16+. The number of halogens is 1. The lowest BCUT2D eigenvalue weighted by Gasteiger charge is -2.30. The third kappa shape index (κ3) is 5.11. The van der Waals surface area contributed by atoms with Crippen LogP contribution < -0.4 is 5.43 Å². The Morgan fingerprint density at radius 2 is 1.76 bits per heavy atom. The second-order valence-electron chi connectivity index (χ2n) is 7.48. The summed E-state index contributed by atoms with van der Waals surface area (Å²) in [7, 11) is 0. The van der Waals surface area contributed by atoms with E-state index < -0.39 is 0 Å². The van der Waals surface area contributed by atoms with Crippen molar-refractivity contribution in [3.8, 4) is 0 Å². The molecule has 1 saturated heterocycles. The summed E-state index contributed by atoms with van der Waals surface area (Å²) in [5, 5.41) is 6.52. The van der Waals surface area contributed by atoms with Crippen LogP contribution in [0, 0.1) is 5.92 Å². The molecule has 1 amide bonds. The van der Waals surface area contributed by atoms with Gasteiger partial charge in [-0.15, -0.1) is 0 Å². The number of nitrogens with zero attached hydrogens (tertiary/aromatic N) is 2. The number of carbonyl (C=O) groups is 1. The number of piperidine rings is 1. The maximum absolute atomic E-state index is 12.5. The highest BCUT2D eigenvalue weighted by Gasteiger charge is 2.24. The molecule has 0 aliphatic carbocycles. The van der Waals surface area contributed by atoms with Crippen molar-refractivity contribution in [3.63, 3.8) is 0 Å². The van der Waals surface area contributed by atoms with Gasteiger partial charge in [0.05, 0.1) is 6.21 Å². The summed E-state index contributed by atoms with van der Waals surface area (Å²) < 4.78 is 1.10. The molecule has 0 spiro atoms. The van der Waals surface area contributed by atoms with Crippen LogP contribution in [-0.4, -0.2) is 30.1 Å². The SMILES string of the molecule is O=C(N/N=C/c1cccc2ccccc12)C1CCN(Cc2ccc(Br)cc2)CC1. The summed E-state index contributed by atoms with van der Waals surface area (Å²) in [5.74, 6) is 0.0469. The fraction of sp³-hybridized carbons (Fsp3) is 0.250. The summed E-state index contributed by atoms with van der Waals surface area (Å²) in [6.07, 6.45) is 3.47. The van der Waals surface area contributed by atoms with Gasteiger partial charge in [0.2, 0.25) is 5.91 Å². The minimum absolute atomic E-state index is 0.0183. The first-order valence-corrected chi connectivity index (χ1v) is 10.8. The van der Waals surface area contributed by atoms with Gasteiger partial charge in [-0.3, -0.25) is 9.69 Å². The molecule has 0 unspecified atom stereocenters. The minimum Gasteiger partial charge on any atom is -0.299 e. The van der Waals surface area contributed by atoms with Gasteiger partial charge in [0.15, 0.2) is 0 Å². The zero-order chi connectivity index (χ0) is 20.1. The van der Waals surface area contributed by atoms with Crippen molar-refractivity contribution < 1.29 is 4.79 Å². The Hall–Kier alpha value is -2.50. The lowest BCUT2D eigenvalue weighted by molar-refractivity contribution is -0.126. The average molecular weight is 450 g/mol. The van der Waals surface area contributed by atoms with Gasteiger partial charge in [-0.2, -0.15) is 5.10 Å². The van der Waals surface area contributed by atoms with Crippen molar-refractivity contribution in [2.75, 3.05) is 13.1 Å². The molecule has 1 heterocycles. The molecule has 0 bridgehead atoms. The summed E-state index contributed by atoms with van der Waals surface area (Å²) in [5.41, 5.74) is 5.05. The predicted octanol–water partition coefficient (Wildman–Crippen LogP) is 4.96. The van der Waals surface area contributed by atoms with E-state index in [9.17, 15) is 4.79 Å². The first-order chi connectivity index (χ1) is 14.2. The molecule has 4 rings (SSSR count). The molecular weight excluding hydrogens is 426 g/mol. The number of amides is 1. The number of carbonyl (C=O) groups excluding carboxylic acids is 1. The van der Waals surface area contributed by atoms with Crippen LogP contribution in [0.4, 0.5) is 0 Å². The normalized spacial score (nSPS) is 15.8. The van der Waals surface area contributed by atoms with Gasteiger partial charge in [0.25, 0.3) is 0 Å². The molecule has 1 aliphatic rings. The van der Waals surface area contributed by atoms with Gasteiger partial charge < -0.3 is 0 Å². The Balaban J connectivity index is 1.28. The van der Waals surface area contributed by atoms with Crippen LogP contribution in [-0.2, 0) is 11.3 Å². The zero-order valence-corrected chi connectivity index (χ0v) is 17.8. The van der Waals surface area contributed by atoms with Gasteiger partial charge in [-0.25, -0.2) is 5.43 Å². The molecule has 1 aliphatic heterocycles. The van der Waals surface area contributed by atoms with Gasteiger partial charge in [-0.05, 0) is 54.4 Å². The van der Waals surface area contributed by atoms with Crippen molar-refractivity contribution in [1.82, 2.24) is 10.3 Å². The molecule has 0 atom stereocenters. The predicted molar refractivity (Wildman–Crippen MR) is 122 cm³/mol. The third-order valence-electron chi connectivity index (χ3n) is 5.48. The van der Waals surface area contributed by atoms with Crippen molar-refractivity contribution in [3.05, 3.63) is 82.3 Å². The van der Waals surface area contributed by atoms with Gasteiger partial charge >= 0.3 is 0 Å². The van der Waals surface area contributed by atoms with E-state index in [0.29, 0.717) is 0 Å². The lowest BCUT2D eigenvalue weighted by Crippen LogP contribution is -2.39. The Kier molecular flexibility index (Phi) is 6.37. The van der Waals surface area contributed by atoms with E-state index in [2.05, 4.69) is 73.8 Å². The molecule has 1 fully saturated rings. The number of hydrogen-bond acceptors (Lipinski definition) is 3. The van der Waals surface area contributed by atoms with E-state index in [1.165, 1.54) is 10.9 Å². The molecule has 4 nitrogen and oxygen atoms in total. The zero-order valence-electron chi connectivity index (χ0n) is 16.2. The maximum Gasteiger partial charge on any atom is 0.243 e. The monoisotopic (exact) mass is 449 g/mol. The lowest BCUT2D eigenvalue weighted by atomic mass is 9.96. The van der Waals surface area contributed by atoms with E-state index in [0.717, 1.165) is 47.9 Å². The van der Waals surface area contributed by atoms with E-state index in [1.54, 1.807) is 6.21 Å². The Morgan fingerprint density at radius 3 is 2.55 bits per heavy atom.